The molecule has 0 amide bonds. The topological polar surface area (TPSA) is 53.1 Å². The Labute approximate surface area is 101 Å². The van der Waals surface area contributed by atoms with E-state index in [2.05, 4.69) is 4.98 Å². The van der Waals surface area contributed by atoms with Gasteiger partial charge in [0.15, 0.2) is 0 Å². The number of ether oxygens (including phenoxy) is 1. The lowest BCUT2D eigenvalue weighted by Crippen LogP contribution is -2.41. The molecule has 0 saturated carbocycles. The summed E-state index contributed by atoms with van der Waals surface area (Å²) in [6, 6.07) is 0.129. The van der Waals surface area contributed by atoms with Crippen molar-refractivity contribution in [2.45, 2.75) is 25.0 Å². The summed E-state index contributed by atoms with van der Waals surface area (Å²) in [7, 11) is 2.01. The van der Waals surface area contributed by atoms with Crippen LogP contribution in [0.25, 0.3) is 0 Å². The van der Waals surface area contributed by atoms with E-state index >= 15 is 0 Å². The van der Waals surface area contributed by atoms with E-state index in [1.165, 1.54) is 0 Å². The largest absolute Gasteiger partial charge is 0.375 e. The lowest BCUT2D eigenvalue weighted by Gasteiger charge is -2.27. The van der Waals surface area contributed by atoms with E-state index < -0.39 is 0 Å². The monoisotopic (exact) mass is 241 g/mol. The lowest BCUT2D eigenvalue weighted by molar-refractivity contribution is 0.0550. The zero-order chi connectivity index (χ0) is 11.4. The van der Waals surface area contributed by atoms with E-state index in [4.69, 9.17) is 10.5 Å². The molecule has 16 heavy (non-hydrogen) atoms. The second-order valence-electron chi connectivity index (χ2n) is 4.14. The first-order valence-corrected chi connectivity index (χ1v) is 6.84. The summed E-state index contributed by atoms with van der Waals surface area (Å²) in [6.07, 6.45) is 5.88. The van der Waals surface area contributed by atoms with Crippen LogP contribution in [-0.4, -0.2) is 39.8 Å². The van der Waals surface area contributed by atoms with Gasteiger partial charge < -0.3 is 15.0 Å². The Morgan fingerprint density at radius 1 is 1.75 bits per heavy atom. The number of nitrogens with two attached hydrogens (primary N) is 1. The van der Waals surface area contributed by atoms with Gasteiger partial charge in [0.05, 0.1) is 12.7 Å². The second kappa shape index (κ2) is 5.70. The Morgan fingerprint density at radius 2 is 2.62 bits per heavy atom. The third kappa shape index (κ3) is 2.99. The molecule has 0 spiro atoms. The molecule has 2 unspecified atom stereocenters. The van der Waals surface area contributed by atoms with Crippen LogP contribution in [0.3, 0.4) is 0 Å². The first-order chi connectivity index (χ1) is 7.77. The maximum absolute atomic E-state index is 6.14. The van der Waals surface area contributed by atoms with Crippen LogP contribution in [0.15, 0.2) is 12.4 Å². The number of aryl methyl sites for hydroxylation is 2. The highest BCUT2D eigenvalue weighted by atomic mass is 32.2. The summed E-state index contributed by atoms with van der Waals surface area (Å²) in [5.74, 6) is 3.23. The van der Waals surface area contributed by atoms with Crippen LogP contribution in [0.4, 0.5) is 0 Å². The highest BCUT2D eigenvalue weighted by Gasteiger charge is 2.21. The molecule has 1 aliphatic heterocycles. The molecular formula is C11H19N3OS. The predicted molar refractivity (Wildman–Crippen MR) is 66.6 cm³/mol. The van der Waals surface area contributed by atoms with E-state index in [0.29, 0.717) is 0 Å². The van der Waals surface area contributed by atoms with Gasteiger partial charge in [-0.25, -0.2) is 4.98 Å². The fourth-order valence-corrected chi connectivity index (χ4v) is 2.83. The summed E-state index contributed by atoms with van der Waals surface area (Å²) in [5.41, 5.74) is 6.14. The van der Waals surface area contributed by atoms with Crippen LogP contribution in [0, 0.1) is 0 Å². The standard InChI is InChI=1S/C11H19N3OS/c1-14-5-4-13-11(14)3-2-9(12)10-8-16-7-6-15-10/h4-5,9-10H,2-3,6-8,12H2,1H3. The molecular weight excluding hydrogens is 222 g/mol. The number of thioether (sulfide) groups is 1. The average molecular weight is 241 g/mol. The van der Waals surface area contributed by atoms with Crippen LogP contribution >= 0.6 is 11.8 Å². The fraction of sp³-hybridized carbons (Fsp3) is 0.727. The van der Waals surface area contributed by atoms with Crippen molar-refractivity contribution in [2.24, 2.45) is 12.8 Å². The minimum atomic E-state index is 0.129. The van der Waals surface area contributed by atoms with Gasteiger partial charge in [-0.15, -0.1) is 0 Å². The minimum absolute atomic E-state index is 0.129. The summed E-state index contributed by atoms with van der Waals surface area (Å²) in [5, 5.41) is 0. The van der Waals surface area contributed by atoms with E-state index in [9.17, 15) is 0 Å². The van der Waals surface area contributed by atoms with E-state index in [1.54, 1.807) is 0 Å². The fourth-order valence-electron chi connectivity index (χ4n) is 1.87. The third-order valence-electron chi connectivity index (χ3n) is 2.94. The van der Waals surface area contributed by atoms with Crippen molar-refractivity contribution in [3.05, 3.63) is 18.2 Å². The Bertz CT molecular complexity index is 323. The van der Waals surface area contributed by atoms with Crippen molar-refractivity contribution in [2.75, 3.05) is 18.1 Å². The maximum atomic E-state index is 6.14. The highest BCUT2D eigenvalue weighted by molar-refractivity contribution is 7.99. The van der Waals surface area contributed by atoms with Crippen molar-refractivity contribution in [1.29, 1.82) is 0 Å². The number of hydrogen-bond acceptors (Lipinski definition) is 4. The molecule has 2 heterocycles. The molecule has 90 valence electrons. The first kappa shape index (κ1) is 12.0. The van der Waals surface area contributed by atoms with Crippen LogP contribution in [-0.2, 0) is 18.2 Å². The van der Waals surface area contributed by atoms with Crippen LogP contribution in [0.1, 0.15) is 12.2 Å². The van der Waals surface area contributed by atoms with E-state index in [0.717, 1.165) is 36.8 Å². The molecule has 5 heteroatoms. The Kier molecular flexibility index (Phi) is 4.26. The van der Waals surface area contributed by atoms with Gasteiger partial charge in [-0.2, -0.15) is 11.8 Å². The quantitative estimate of drug-likeness (QED) is 0.847. The smallest absolute Gasteiger partial charge is 0.108 e. The molecule has 0 bridgehead atoms. The third-order valence-corrected chi connectivity index (χ3v) is 3.96. The second-order valence-corrected chi connectivity index (χ2v) is 5.29. The summed E-state index contributed by atoms with van der Waals surface area (Å²) < 4.78 is 7.71. The van der Waals surface area contributed by atoms with Crippen molar-refractivity contribution < 1.29 is 4.74 Å². The van der Waals surface area contributed by atoms with Crippen LogP contribution in [0.5, 0.6) is 0 Å². The van der Waals surface area contributed by atoms with Gasteiger partial charge in [0.2, 0.25) is 0 Å². The number of rotatable bonds is 4. The summed E-state index contributed by atoms with van der Waals surface area (Å²) in [6.45, 7) is 0.839. The summed E-state index contributed by atoms with van der Waals surface area (Å²) >= 11 is 1.93. The number of imidazole rings is 1. The van der Waals surface area contributed by atoms with Gasteiger partial charge in [0.25, 0.3) is 0 Å². The van der Waals surface area contributed by atoms with Crippen molar-refractivity contribution >= 4 is 11.8 Å². The van der Waals surface area contributed by atoms with E-state index in [1.807, 2.05) is 35.8 Å². The Hall–Kier alpha value is -0.520. The normalized spacial score (nSPS) is 23.2. The van der Waals surface area contributed by atoms with Gasteiger partial charge in [-0.3, -0.25) is 0 Å². The first-order valence-electron chi connectivity index (χ1n) is 5.68. The van der Waals surface area contributed by atoms with Crippen molar-refractivity contribution in [1.82, 2.24) is 9.55 Å². The molecule has 2 N–H and O–H groups in total. The van der Waals surface area contributed by atoms with Gasteiger partial charge in [-0.05, 0) is 6.42 Å². The molecule has 4 nitrogen and oxygen atoms in total. The molecule has 0 aromatic carbocycles. The molecule has 1 aromatic rings. The van der Waals surface area contributed by atoms with E-state index in [-0.39, 0.29) is 12.1 Å². The molecule has 0 aliphatic carbocycles. The predicted octanol–water partition coefficient (Wildman–Crippen LogP) is 0.812. The van der Waals surface area contributed by atoms with Gasteiger partial charge in [-0.1, -0.05) is 0 Å². The zero-order valence-corrected chi connectivity index (χ0v) is 10.4. The molecule has 1 aliphatic rings. The Morgan fingerprint density at radius 3 is 3.25 bits per heavy atom. The molecule has 2 atom stereocenters. The molecule has 1 saturated heterocycles. The molecule has 2 rings (SSSR count). The molecule has 0 radical (unpaired) electrons. The highest BCUT2D eigenvalue weighted by Crippen LogP contribution is 2.16. The van der Waals surface area contributed by atoms with Crippen LogP contribution < -0.4 is 5.73 Å². The summed E-state index contributed by atoms with van der Waals surface area (Å²) in [4.78, 5) is 4.29. The SMILES string of the molecule is Cn1ccnc1CCC(N)C1CSCCO1. The molecule has 1 fully saturated rings. The van der Waals surface area contributed by atoms with Crippen LogP contribution in [0.2, 0.25) is 0 Å². The number of nitrogens with zero attached hydrogens (tertiary/aromatic N) is 2. The molecule has 1 aromatic heterocycles. The van der Waals surface area contributed by atoms with Gasteiger partial charge in [0.1, 0.15) is 5.82 Å². The van der Waals surface area contributed by atoms with Crippen molar-refractivity contribution in [3.63, 3.8) is 0 Å². The maximum Gasteiger partial charge on any atom is 0.108 e. The minimum Gasteiger partial charge on any atom is -0.375 e. The van der Waals surface area contributed by atoms with Gasteiger partial charge >= 0.3 is 0 Å². The average Bonchev–Trinajstić information content (AvgIpc) is 2.73. The number of aromatic nitrogens is 2. The van der Waals surface area contributed by atoms with Crippen molar-refractivity contribution in [3.8, 4) is 0 Å². The number of hydrogen-bond donors (Lipinski definition) is 1. The zero-order valence-electron chi connectivity index (χ0n) is 9.63. The Balaban J connectivity index is 1.78. The van der Waals surface area contributed by atoms with Gasteiger partial charge in [0, 0.05) is 43.4 Å². The lowest BCUT2D eigenvalue weighted by atomic mass is 10.1.